The van der Waals surface area contributed by atoms with Gasteiger partial charge in [0.2, 0.25) is 5.95 Å². The smallest absolute Gasteiger partial charge is 0.245 e. The Hall–Kier alpha value is -1.23. The molecule has 18 heavy (non-hydrogen) atoms. The molecular formula is C13H23N5. The molecule has 0 aromatic carbocycles. The SMILES string of the molecule is CCc1nnc(N2CCCCC2CN)nc1CC. The number of anilines is 1. The Morgan fingerprint density at radius 2 is 1.94 bits per heavy atom. The van der Waals surface area contributed by atoms with Gasteiger partial charge in [-0.25, -0.2) is 4.98 Å². The molecule has 1 saturated heterocycles. The van der Waals surface area contributed by atoms with Crippen LogP contribution in [0.25, 0.3) is 0 Å². The predicted octanol–water partition coefficient (Wildman–Crippen LogP) is 1.31. The second-order valence-corrected chi connectivity index (χ2v) is 4.79. The number of nitrogens with zero attached hydrogens (tertiary/aromatic N) is 4. The fourth-order valence-electron chi connectivity index (χ4n) is 2.56. The Bertz CT molecular complexity index is 393. The van der Waals surface area contributed by atoms with Crippen LogP contribution in [-0.4, -0.2) is 34.3 Å². The van der Waals surface area contributed by atoms with Crippen LogP contribution in [0.4, 0.5) is 5.95 Å². The molecule has 100 valence electrons. The van der Waals surface area contributed by atoms with Crippen molar-refractivity contribution in [2.75, 3.05) is 18.0 Å². The zero-order chi connectivity index (χ0) is 13.0. The highest BCUT2D eigenvalue weighted by atomic mass is 15.3. The lowest BCUT2D eigenvalue weighted by Gasteiger charge is -2.34. The van der Waals surface area contributed by atoms with E-state index >= 15 is 0 Å². The molecule has 1 fully saturated rings. The minimum atomic E-state index is 0.373. The number of hydrogen-bond acceptors (Lipinski definition) is 5. The first-order valence-corrected chi connectivity index (χ1v) is 6.99. The largest absolute Gasteiger partial charge is 0.335 e. The highest BCUT2D eigenvalue weighted by molar-refractivity contribution is 5.33. The van der Waals surface area contributed by atoms with Gasteiger partial charge in [-0.3, -0.25) is 0 Å². The molecule has 2 N–H and O–H groups in total. The number of aromatic nitrogens is 3. The zero-order valence-electron chi connectivity index (χ0n) is 11.4. The van der Waals surface area contributed by atoms with E-state index in [-0.39, 0.29) is 0 Å². The van der Waals surface area contributed by atoms with Crippen LogP contribution in [0.2, 0.25) is 0 Å². The topological polar surface area (TPSA) is 67.9 Å². The van der Waals surface area contributed by atoms with Crippen molar-refractivity contribution in [1.82, 2.24) is 15.2 Å². The molecule has 0 amide bonds. The molecule has 0 saturated carbocycles. The van der Waals surface area contributed by atoms with Crippen LogP contribution in [0.3, 0.4) is 0 Å². The third-order valence-electron chi connectivity index (χ3n) is 3.65. The highest BCUT2D eigenvalue weighted by Crippen LogP contribution is 2.21. The Balaban J connectivity index is 2.26. The van der Waals surface area contributed by atoms with E-state index < -0.39 is 0 Å². The Morgan fingerprint density at radius 1 is 1.17 bits per heavy atom. The van der Waals surface area contributed by atoms with Gasteiger partial charge >= 0.3 is 0 Å². The van der Waals surface area contributed by atoms with E-state index in [9.17, 15) is 0 Å². The lowest BCUT2D eigenvalue weighted by atomic mass is 10.0. The van der Waals surface area contributed by atoms with E-state index in [2.05, 4.69) is 33.9 Å². The first-order chi connectivity index (χ1) is 8.80. The van der Waals surface area contributed by atoms with Crippen LogP contribution >= 0.6 is 0 Å². The van der Waals surface area contributed by atoms with E-state index in [1.165, 1.54) is 12.8 Å². The second-order valence-electron chi connectivity index (χ2n) is 4.79. The number of nitrogens with two attached hydrogens (primary N) is 1. The Kier molecular flexibility index (Phi) is 4.47. The molecule has 1 unspecified atom stereocenters. The summed E-state index contributed by atoms with van der Waals surface area (Å²) in [5.74, 6) is 0.763. The van der Waals surface area contributed by atoms with Crippen LogP contribution in [-0.2, 0) is 12.8 Å². The summed E-state index contributed by atoms with van der Waals surface area (Å²) in [4.78, 5) is 6.91. The second kappa shape index (κ2) is 6.09. The molecule has 0 aliphatic carbocycles. The summed E-state index contributed by atoms with van der Waals surface area (Å²) in [6, 6.07) is 0.373. The molecule has 2 rings (SSSR count). The van der Waals surface area contributed by atoms with Gasteiger partial charge in [-0.2, -0.15) is 5.10 Å². The number of aryl methyl sites for hydroxylation is 2. The fraction of sp³-hybridized carbons (Fsp3) is 0.769. The standard InChI is InChI=1S/C13H23N5/c1-3-11-12(4-2)16-17-13(15-11)18-8-6-5-7-10(18)9-14/h10H,3-9,14H2,1-2H3. The van der Waals surface area contributed by atoms with Gasteiger partial charge < -0.3 is 10.6 Å². The van der Waals surface area contributed by atoms with E-state index in [0.29, 0.717) is 12.6 Å². The third-order valence-corrected chi connectivity index (χ3v) is 3.65. The van der Waals surface area contributed by atoms with Gasteiger partial charge in [0.25, 0.3) is 0 Å². The van der Waals surface area contributed by atoms with Gasteiger partial charge in [-0.15, -0.1) is 5.10 Å². The quantitative estimate of drug-likeness (QED) is 0.871. The summed E-state index contributed by atoms with van der Waals surface area (Å²) in [5, 5.41) is 8.61. The predicted molar refractivity (Wildman–Crippen MR) is 72.6 cm³/mol. The molecule has 1 aromatic heterocycles. The van der Waals surface area contributed by atoms with Crippen molar-refractivity contribution < 1.29 is 0 Å². The van der Waals surface area contributed by atoms with Crippen molar-refractivity contribution in [2.45, 2.75) is 52.0 Å². The highest BCUT2D eigenvalue weighted by Gasteiger charge is 2.24. The number of piperidine rings is 1. The van der Waals surface area contributed by atoms with Crippen LogP contribution in [0.15, 0.2) is 0 Å². The molecule has 0 radical (unpaired) electrons. The molecule has 2 heterocycles. The maximum absolute atomic E-state index is 5.84. The summed E-state index contributed by atoms with van der Waals surface area (Å²) in [5.41, 5.74) is 7.93. The normalized spacial score (nSPS) is 20.2. The average Bonchev–Trinajstić information content (AvgIpc) is 2.46. The molecule has 1 aliphatic rings. The van der Waals surface area contributed by atoms with Crippen molar-refractivity contribution in [3.63, 3.8) is 0 Å². The maximum atomic E-state index is 5.84. The molecule has 1 aromatic rings. The van der Waals surface area contributed by atoms with Crippen molar-refractivity contribution in [1.29, 1.82) is 0 Å². The van der Waals surface area contributed by atoms with E-state index in [0.717, 1.165) is 43.1 Å². The molecular weight excluding hydrogens is 226 g/mol. The van der Waals surface area contributed by atoms with E-state index in [1.807, 2.05) is 0 Å². The molecule has 1 aliphatic heterocycles. The lowest BCUT2D eigenvalue weighted by molar-refractivity contribution is 0.455. The summed E-state index contributed by atoms with van der Waals surface area (Å²) in [7, 11) is 0. The van der Waals surface area contributed by atoms with Crippen molar-refractivity contribution >= 4 is 5.95 Å². The maximum Gasteiger partial charge on any atom is 0.245 e. The average molecular weight is 249 g/mol. The minimum absolute atomic E-state index is 0.373. The van der Waals surface area contributed by atoms with Crippen LogP contribution in [0.5, 0.6) is 0 Å². The minimum Gasteiger partial charge on any atom is -0.335 e. The van der Waals surface area contributed by atoms with Crippen molar-refractivity contribution in [3.8, 4) is 0 Å². The van der Waals surface area contributed by atoms with Crippen LogP contribution < -0.4 is 10.6 Å². The summed E-state index contributed by atoms with van der Waals surface area (Å²) in [6.07, 6.45) is 5.38. The Morgan fingerprint density at radius 3 is 2.61 bits per heavy atom. The molecule has 0 spiro atoms. The summed E-state index contributed by atoms with van der Waals surface area (Å²) in [6.45, 7) is 5.87. The van der Waals surface area contributed by atoms with Crippen LogP contribution in [0, 0.1) is 0 Å². The van der Waals surface area contributed by atoms with Gasteiger partial charge in [0.05, 0.1) is 11.4 Å². The van der Waals surface area contributed by atoms with Gasteiger partial charge in [-0.1, -0.05) is 13.8 Å². The molecule has 1 atom stereocenters. The van der Waals surface area contributed by atoms with Crippen molar-refractivity contribution in [3.05, 3.63) is 11.4 Å². The van der Waals surface area contributed by atoms with Crippen molar-refractivity contribution in [2.24, 2.45) is 5.73 Å². The first-order valence-electron chi connectivity index (χ1n) is 6.99. The molecule has 5 nitrogen and oxygen atoms in total. The Labute approximate surface area is 109 Å². The first kappa shape index (κ1) is 13.2. The molecule has 5 heteroatoms. The van der Waals surface area contributed by atoms with E-state index in [1.54, 1.807) is 0 Å². The lowest BCUT2D eigenvalue weighted by Crippen LogP contribution is -2.45. The van der Waals surface area contributed by atoms with Crippen LogP contribution in [0.1, 0.15) is 44.5 Å². The molecule has 0 bridgehead atoms. The van der Waals surface area contributed by atoms with Gasteiger partial charge in [0.15, 0.2) is 0 Å². The number of hydrogen-bond donors (Lipinski definition) is 1. The van der Waals surface area contributed by atoms with Gasteiger partial charge in [0, 0.05) is 19.1 Å². The summed E-state index contributed by atoms with van der Waals surface area (Å²) < 4.78 is 0. The third kappa shape index (κ3) is 2.61. The zero-order valence-corrected chi connectivity index (χ0v) is 11.4. The van der Waals surface area contributed by atoms with Gasteiger partial charge in [-0.05, 0) is 32.1 Å². The monoisotopic (exact) mass is 249 g/mol. The fourth-order valence-corrected chi connectivity index (χ4v) is 2.56. The number of rotatable bonds is 4. The summed E-state index contributed by atoms with van der Waals surface area (Å²) >= 11 is 0. The van der Waals surface area contributed by atoms with E-state index in [4.69, 9.17) is 5.73 Å². The van der Waals surface area contributed by atoms with Gasteiger partial charge in [0.1, 0.15) is 0 Å².